The summed E-state index contributed by atoms with van der Waals surface area (Å²) in [6, 6.07) is 3.94. The second-order valence-electron chi connectivity index (χ2n) is 4.30. The first kappa shape index (κ1) is 13.0. The average Bonchev–Trinajstić information content (AvgIpc) is 2.83. The molecule has 1 aromatic rings. The SMILES string of the molecule is CCCCOc1cc2c(cc1CNCC)OCO2. The van der Waals surface area contributed by atoms with E-state index in [0.29, 0.717) is 6.79 Å². The molecule has 1 heterocycles. The molecule has 0 aromatic heterocycles. The van der Waals surface area contributed by atoms with Crippen molar-refractivity contribution in [3.8, 4) is 17.2 Å². The zero-order chi connectivity index (χ0) is 12.8. The molecule has 0 radical (unpaired) electrons. The van der Waals surface area contributed by atoms with Crippen molar-refractivity contribution in [2.45, 2.75) is 33.2 Å². The van der Waals surface area contributed by atoms with Gasteiger partial charge in [0.2, 0.25) is 6.79 Å². The van der Waals surface area contributed by atoms with Crippen LogP contribution in [0, 0.1) is 0 Å². The lowest BCUT2D eigenvalue weighted by Gasteiger charge is -2.12. The number of ether oxygens (including phenoxy) is 3. The van der Waals surface area contributed by atoms with Crippen LogP contribution in [-0.2, 0) is 6.54 Å². The number of nitrogens with one attached hydrogen (secondary N) is 1. The van der Waals surface area contributed by atoms with Crippen LogP contribution < -0.4 is 19.5 Å². The summed E-state index contributed by atoms with van der Waals surface area (Å²) in [5, 5.41) is 3.31. The predicted molar refractivity (Wildman–Crippen MR) is 70.3 cm³/mol. The molecule has 0 bridgehead atoms. The molecule has 100 valence electrons. The van der Waals surface area contributed by atoms with Crippen LogP contribution in [0.5, 0.6) is 17.2 Å². The van der Waals surface area contributed by atoms with E-state index < -0.39 is 0 Å². The van der Waals surface area contributed by atoms with Crippen LogP contribution in [0.1, 0.15) is 32.3 Å². The third kappa shape index (κ3) is 3.07. The summed E-state index contributed by atoms with van der Waals surface area (Å²) in [5.74, 6) is 2.49. The van der Waals surface area contributed by atoms with Crippen LogP contribution in [0.15, 0.2) is 12.1 Å². The van der Waals surface area contributed by atoms with Crippen molar-refractivity contribution in [1.82, 2.24) is 5.32 Å². The normalized spacial score (nSPS) is 12.8. The molecule has 18 heavy (non-hydrogen) atoms. The van der Waals surface area contributed by atoms with Gasteiger partial charge in [-0.1, -0.05) is 20.3 Å². The van der Waals surface area contributed by atoms with Crippen molar-refractivity contribution >= 4 is 0 Å². The van der Waals surface area contributed by atoms with E-state index >= 15 is 0 Å². The molecule has 0 spiro atoms. The maximum absolute atomic E-state index is 5.82. The second-order valence-corrected chi connectivity index (χ2v) is 4.30. The number of hydrogen-bond acceptors (Lipinski definition) is 4. The third-order valence-corrected chi connectivity index (χ3v) is 2.88. The standard InChI is InChI=1S/C14H21NO3/c1-3-5-6-16-12-8-14-13(17-10-18-14)7-11(12)9-15-4-2/h7-8,15H,3-6,9-10H2,1-2H3. The number of rotatable bonds is 7. The van der Waals surface area contributed by atoms with Crippen molar-refractivity contribution in [1.29, 1.82) is 0 Å². The van der Waals surface area contributed by atoms with Gasteiger partial charge < -0.3 is 19.5 Å². The van der Waals surface area contributed by atoms with Gasteiger partial charge in [-0.15, -0.1) is 0 Å². The van der Waals surface area contributed by atoms with Gasteiger partial charge >= 0.3 is 0 Å². The Labute approximate surface area is 108 Å². The lowest BCUT2D eigenvalue weighted by molar-refractivity contribution is 0.173. The Morgan fingerprint density at radius 3 is 2.72 bits per heavy atom. The zero-order valence-corrected chi connectivity index (χ0v) is 11.1. The van der Waals surface area contributed by atoms with Crippen molar-refractivity contribution in [2.75, 3.05) is 19.9 Å². The fraction of sp³-hybridized carbons (Fsp3) is 0.571. The monoisotopic (exact) mass is 251 g/mol. The molecular formula is C14H21NO3. The Bertz CT molecular complexity index is 393. The summed E-state index contributed by atoms with van der Waals surface area (Å²) in [5.41, 5.74) is 1.12. The Balaban J connectivity index is 2.12. The van der Waals surface area contributed by atoms with Crippen LogP contribution in [-0.4, -0.2) is 19.9 Å². The van der Waals surface area contributed by atoms with Crippen LogP contribution in [0.2, 0.25) is 0 Å². The summed E-state index contributed by atoms with van der Waals surface area (Å²) in [4.78, 5) is 0. The molecule has 1 aromatic carbocycles. The largest absolute Gasteiger partial charge is 0.493 e. The predicted octanol–water partition coefficient (Wildman–Crippen LogP) is 2.70. The van der Waals surface area contributed by atoms with Gasteiger partial charge in [0, 0.05) is 18.2 Å². The van der Waals surface area contributed by atoms with Gasteiger partial charge in [0.1, 0.15) is 5.75 Å². The van der Waals surface area contributed by atoms with E-state index in [0.717, 1.165) is 55.4 Å². The molecule has 4 nitrogen and oxygen atoms in total. The van der Waals surface area contributed by atoms with E-state index in [1.807, 2.05) is 12.1 Å². The Hall–Kier alpha value is -1.42. The molecule has 1 aliphatic rings. The van der Waals surface area contributed by atoms with Gasteiger partial charge in [0.25, 0.3) is 0 Å². The Morgan fingerprint density at radius 2 is 2.00 bits per heavy atom. The van der Waals surface area contributed by atoms with E-state index in [1.165, 1.54) is 0 Å². The lowest BCUT2D eigenvalue weighted by Crippen LogP contribution is -2.13. The van der Waals surface area contributed by atoms with E-state index in [4.69, 9.17) is 14.2 Å². The molecular weight excluding hydrogens is 230 g/mol. The molecule has 0 atom stereocenters. The lowest BCUT2D eigenvalue weighted by atomic mass is 10.1. The molecule has 1 N–H and O–H groups in total. The molecule has 0 amide bonds. The topological polar surface area (TPSA) is 39.7 Å². The number of fused-ring (bicyclic) bond motifs is 1. The average molecular weight is 251 g/mol. The van der Waals surface area contributed by atoms with Crippen LogP contribution in [0.25, 0.3) is 0 Å². The Morgan fingerprint density at radius 1 is 1.22 bits per heavy atom. The molecule has 2 rings (SSSR count). The maximum atomic E-state index is 5.82. The molecule has 0 aliphatic carbocycles. The van der Waals surface area contributed by atoms with Crippen LogP contribution >= 0.6 is 0 Å². The Kier molecular flexibility index (Phi) is 4.70. The zero-order valence-electron chi connectivity index (χ0n) is 11.1. The van der Waals surface area contributed by atoms with E-state index in [9.17, 15) is 0 Å². The fourth-order valence-electron chi connectivity index (χ4n) is 1.82. The molecule has 0 unspecified atom stereocenters. The number of benzene rings is 1. The van der Waals surface area contributed by atoms with Crippen LogP contribution in [0.3, 0.4) is 0 Å². The van der Waals surface area contributed by atoms with E-state index in [-0.39, 0.29) is 0 Å². The minimum Gasteiger partial charge on any atom is -0.493 e. The van der Waals surface area contributed by atoms with E-state index in [2.05, 4.69) is 19.2 Å². The maximum Gasteiger partial charge on any atom is 0.231 e. The first-order chi connectivity index (χ1) is 8.85. The van der Waals surface area contributed by atoms with Gasteiger partial charge in [-0.05, 0) is 19.0 Å². The first-order valence-corrected chi connectivity index (χ1v) is 6.61. The van der Waals surface area contributed by atoms with Gasteiger partial charge in [-0.2, -0.15) is 0 Å². The smallest absolute Gasteiger partial charge is 0.231 e. The van der Waals surface area contributed by atoms with Gasteiger partial charge in [-0.25, -0.2) is 0 Å². The van der Waals surface area contributed by atoms with Crippen molar-refractivity contribution in [3.63, 3.8) is 0 Å². The summed E-state index contributed by atoms with van der Waals surface area (Å²) in [6.45, 7) is 7.01. The second kappa shape index (κ2) is 6.50. The molecule has 0 fully saturated rings. The minimum absolute atomic E-state index is 0.300. The van der Waals surface area contributed by atoms with Crippen LogP contribution in [0.4, 0.5) is 0 Å². The van der Waals surface area contributed by atoms with E-state index in [1.54, 1.807) is 0 Å². The highest BCUT2D eigenvalue weighted by Gasteiger charge is 2.17. The third-order valence-electron chi connectivity index (χ3n) is 2.88. The van der Waals surface area contributed by atoms with Crippen molar-refractivity contribution < 1.29 is 14.2 Å². The number of unbranched alkanes of at least 4 members (excludes halogenated alkanes) is 1. The first-order valence-electron chi connectivity index (χ1n) is 6.61. The van der Waals surface area contributed by atoms with Gasteiger partial charge in [-0.3, -0.25) is 0 Å². The summed E-state index contributed by atoms with van der Waals surface area (Å²) >= 11 is 0. The molecule has 0 saturated carbocycles. The molecule has 4 heteroatoms. The molecule has 1 aliphatic heterocycles. The van der Waals surface area contributed by atoms with Crippen molar-refractivity contribution in [2.24, 2.45) is 0 Å². The van der Waals surface area contributed by atoms with Gasteiger partial charge in [0.05, 0.1) is 6.61 Å². The van der Waals surface area contributed by atoms with Gasteiger partial charge in [0.15, 0.2) is 11.5 Å². The van der Waals surface area contributed by atoms with Crippen molar-refractivity contribution in [3.05, 3.63) is 17.7 Å². The molecule has 0 saturated heterocycles. The highest BCUT2D eigenvalue weighted by atomic mass is 16.7. The number of hydrogen-bond donors (Lipinski definition) is 1. The summed E-state index contributed by atoms with van der Waals surface area (Å²) in [7, 11) is 0. The highest BCUT2D eigenvalue weighted by molar-refractivity contribution is 5.51. The highest BCUT2D eigenvalue weighted by Crippen LogP contribution is 2.38. The minimum atomic E-state index is 0.300. The fourth-order valence-corrected chi connectivity index (χ4v) is 1.82. The summed E-state index contributed by atoms with van der Waals surface area (Å²) < 4.78 is 16.6. The summed E-state index contributed by atoms with van der Waals surface area (Å²) in [6.07, 6.45) is 2.20. The quantitative estimate of drug-likeness (QED) is 0.756.